The molecule has 1 aliphatic rings. The first kappa shape index (κ1) is 13.8. The highest BCUT2D eigenvalue weighted by Gasteiger charge is 2.25. The van der Waals surface area contributed by atoms with Gasteiger partial charge in [0.2, 0.25) is 0 Å². The molecular formula is C15H18N4O2. The molecule has 6 nitrogen and oxygen atoms in total. The first-order valence-electron chi connectivity index (χ1n) is 6.83. The van der Waals surface area contributed by atoms with Crippen LogP contribution in [0.5, 0.6) is 5.75 Å². The van der Waals surface area contributed by atoms with E-state index >= 15 is 0 Å². The number of hydrogen-bond acceptors (Lipinski definition) is 5. The molecule has 1 aliphatic heterocycles. The van der Waals surface area contributed by atoms with E-state index in [0.717, 1.165) is 29.6 Å². The number of nitrogens with two attached hydrogens (primary N) is 1. The normalized spacial score (nSPS) is 14.8. The third-order valence-electron chi connectivity index (χ3n) is 3.90. The van der Waals surface area contributed by atoms with Crippen molar-refractivity contribution >= 4 is 16.8 Å². The number of ether oxygens (including phenoxy) is 1. The molecule has 0 saturated carbocycles. The number of hydrogen-bond donors (Lipinski definition) is 2. The molecule has 0 atom stereocenters. The first-order valence-corrected chi connectivity index (χ1v) is 6.83. The van der Waals surface area contributed by atoms with Gasteiger partial charge in [0, 0.05) is 36.2 Å². The standard InChI is InChI=1S/C15H18N4O2/c1-19-7-6-11-10(8-19)13(15(20)18-16)9-4-3-5-12(21-2)14(9)17-11/h3-5H,6-8,16H2,1-2H3,(H,18,20). The summed E-state index contributed by atoms with van der Waals surface area (Å²) in [6.07, 6.45) is 0.810. The summed E-state index contributed by atoms with van der Waals surface area (Å²) >= 11 is 0. The van der Waals surface area contributed by atoms with Crippen molar-refractivity contribution in [3.8, 4) is 5.75 Å². The highest BCUT2D eigenvalue weighted by molar-refractivity contribution is 6.08. The summed E-state index contributed by atoms with van der Waals surface area (Å²) in [4.78, 5) is 19.2. The summed E-state index contributed by atoms with van der Waals surface area (Å²) in [6.45, 7) is 1.61. The summed E-state index contributed by atoms with van der Waals surface area (Å²) in [6, 6.07) is 5.58. The number of nitrogens with one attached hydrogen (secondary N) is 1. The molecule has 6 heteroatoms. The van der Waals surface area contributed by atoms with E-state index in [1.54, 1.807) is 7.11 Å². The predicted molar refractivity (Wildman–Crippen MR) is 80.0 cm³/mol. The van der Waals surface area contributed by atoms with Crippen molar-refractivity contribution in [3.05, 3.63) is 35.0 Å². The molecule has 0 aliphatic carbocycles. The SMILES string of the molecule is COc1cccc2c(C(=O)NN)c3c(nc12)CCN(C)C3. The molecule has 0 unspecified atom stereocenters. The maximum atomic E-state index is 12.3. The molecule has 0 spiro atoms. The van der Waals surface area contributed by atoms with E-state index in [1.807, 2.05) is 25.2 Å². The lowest BCUT2D eigenvalue weighted by atomic mass is 9.95. The maximum absolute atomic E-state index is 12.3. The van der Waals surface area contributed by atoms with Crippen LogP contribution >= 0.6 is 0 Å². The molecule has 2 heterocycles. The minimum atomic E-state index is -0.290. The average Bonchev–Trinajstić information content (AvgIpc) is 2.51. The molecule has 2 aromatic rings. The van der Waals surface area contributed by atoms with Crippen LogP contribution in [0.15, 0.2) is 18.2 Å². The third kappa shape index (κ3) is 2.22. The van der Waals surface area contributed by atoms with Crippen LogP contribution in [0.4, 0.5) is 0 Å². The number of likely N-dealkylation sites (N-methyl/N-ethyl adjacent to an activating group) is 1. The molecule has 21 heavy (non-hydrogen) atoms. The van der Waals surface area contributed by atoms with Crippen LogP contribution in [-0.4, -0.2) is 36.5 Å². The zero-order chi connectivity index (χ0) is 15.0. The number of rotatable bonds is 2. The Morgan fingerprint density at radius 2 is 2.29 bits per heavy atom. The number of methoxy groups -OCH3 is 1. The zero-order valence-electron chi connectivity index (χ0n) is 12.1. The highest BCUT2D eigenvalue weighted by Crippen LogP contribution is 2.32. The monoisotopic (exact) mass is 286 g/mol. The van der Waals surface area contributed by atoms with Gasteiger partial charge in [-0.2, -0.15) is 0 Å². The van der Waals surface area contributed by atoms with Gasteiger partial charge in [-0.05, 0) is 13.1 Å². The van der Waals surface area contributed by atoms with Gasteiger partial charge in [0.15, 0.2) is 0 Å². The Labute approximate surface area is 122 Å². The fraction of sp³-hybridized carbons (Fsp3) is 0.333. The largest absolute Gasteiger partial charge is 0.494 e. The summed E-state index contributed by atoms with van der Waals surface area (Å²) in [5.74, 6) is 5.75. The smallest absolute Gasteiger partial charge is 0.266 e. The van der Waals surface area contributed by atoms with E-state index in [4.69, 9.17) is 15.6 Å². The number of carbonyl (C=O) groups is 1. The van der Waals surface area contributed by atoms with Crippen LogP contribution in [0.1, 0.15) is 21.6 Å². The van der Waals surface area contributed by atoms with Crippen molar-refractivity contribution in [2.45, 2.75) is 13.0 Å². The molecule has 0 radical (unpaired) electrons. The van der Waals surface area contributed by atoms with E-state index < -0.39 is 0 Å². The van der Waals surface area contributed by atoms with Gasteiger partial charge in [0.1, 0.15) is 11.3 Å². The van der Waals surface area contributed by atoms with Gasteiger partial charge in [-0.25, -0.2) is 10.8 Å². The molecule has 110 valence electrons. The molecule has 1 aromatic carbocycles. The lowest BCUT2D eigenvalue weighted by Crippen LogP contribution is -2.34. The Kier molecular flexibility index (Phi) is 3.48. The van der Waals surface area contributed by atoms with Gasteiger partial charge < -0.3 is 9.64 Å². The van der Waals surface area contributed by atoms with Gasteiger partial charge in [0.25, 0.3) is 5.91 Å². The van der Waals surface area contributed by atoms with Crippen LogP contribution in [0.3, 0.4) is 0 Å². The fourth-order valence-electron chi connectivity index (χ4n) is 2.87. The summed E-state index contributed by atoms with van der Waals surface area (Å²) < 4.78 is 5.37. The summed E-state index contributed by atoms with van der Waals surface area (Å²) in [5, 5.41) is 0.770. The molecule has 1 amide bonds. The van der Waals surface area contributed by atoms with E-state index in [9.17, 15) is 4.79 Å². The minimum absolute atomic E-state index is 0.290. The first-order chi connectivity index (χ1) is 10.2. The average molecular weight is 286 g/mol. The van der Waals surface area contributed by atoms with Crippen molar-refractivity contribution in [1.29, 1.82) is 0 Å². The van der Waals surface area contributed by atoms with Gasteiger partial charge >= 0.3 is 0 Å². The van der Waals surface area contributed by atoms with Crippen LogP contribution < -0.4 is 16.0 Å². The van der Waals surface area contributed by atoms with Gasteiger partial charge in [-0.1, -0.05) is 12.1 Å². The fourth-order valence-corrected chi connectivity index (χ4v) is 2.87. The van der Waals surface area contributed by atoms with Crippen molar-refractivity contribution in [1.82, 2.24) is 15.3 Å². The topological polar surface area (TPSA) is 80.5 Å². The Bertz CT molecular complexity index is 714. The minimum Gasteiger partial charge on any atom is -0.494 e. The van der Waals surface area contributed by atoms with Crippen molar-refractivity contribution < 1.29 is 9.53 Å². The Morgan fingerprint density at radius 1 is 1.48 bits per heavy atom. The van der Waals surface area contributed by atoms with E-state index in [0.29, 0.717) is 23.4 Å². The number of carbonyl (C=O) groups excluding carboxylic acids is 1. The van der Waals surface area contributed by atoms with E-state index in [1.165, 1.54) is 0 Å². The predicted octanol–water partition coefficient (Wildman–Crippen LogP) is 0.835. The van der Waals surface area contributed by atoms with Crippen LogP contribution in [0.25, 0.3) is 10.9 Å². The second-order valence-corrected chi connectivity index (χ2v) is 5.23. The Morgan fingerprint density at radius 3 is 3.00 bits per heavy atom. The maximum Gasteiger partial charge on any atom is 0.266 e. The molecule has 3 rings (SSSR count). The molecule has 1 aromatic heterocycles. The van der Waals surface area contributed by atoms with Gasteiger partial charge in [-0.3, -0.25) is 10.2 Å². The Hall–Kier alpha value is -2.18. The zero-order valence-corrected chi connectivity index (χ0v) is 12.1. The van der Waals surface area contributed by atoms with Crippen molar-refractivity contribution in [2.24, 2.45) is 5.84 Å². The highest BCUT2D eigenvalue weighted by atomic mass is 16.5. The van der Waals surface area contributed by atoms with Crippen LogP contribution in [0, 0.1) is 0 Å². The second kappa shape index (κ2) is 5.31. The number of pyridine rings is 1. The Balaban J connectivity index is 2.36. The van der Waals surface area contributed by atoms with Crippen LogP contribution in [-0.2, 0) is 13.0 Å². The number of hydrazine groups is 1. The van der Waals surface area contributed by atoms with E-state index in [-0.39, 0.29) is 5.91 Å². The van der Waals surface area contributed by atoms with Gasteiger partial charge in [-0.15, -0.1) is 0 Å². The lowest BCUT2D eigenvalue weighted by Gasteiger charge is -2.27. The number of aromatic nitrogens is 1. The number of para-hydroxylation sites is 1. The molecule has 3 N–H and O–H groups in total. The van der Waals surface area contributed by atoms with Crippen molar-refractivity contribution in [3.63, 3.8) is 0 Å². The third-order valence-corrected chi connectivity index (χ3v) is 3.90. The summed E-state index contributed by atoms with van der Waals surface area (Å²) in [7, 11) is 3.63. The number of amides is 1. The second-order valence-electron chi connectivity index (χ2n) is 5.23. The number of nitrogens with zero attached hydrogens (tertiary/aromatic N) is 2. The number of nitrogen functional groups attached to an aromatic ring is 1. The van der Waals surface area contributed by atoms with Gasteiger partial charge in [0.05, 0.1) is 12.7 Å². The quantitative estimate of drug-likeness (QED) is 0.486. The summed E-state index contributed by atoms with van der Waals surface area (Å²) in [5.41, 5.74) is 5.46. The van der Waals surface area contributed by atoms with E-state index in [2.05, 4.69) is 10.3 Å². The molecule has 0 fully saturated rings. The van der Waals surface area contributed by atoms with Crippen LogP contribution in [0.2, 0.25) is 0 Å². The lowest BCUT2D eigenvalue weighted by molar-refractivity contribution is 0.0953. The number of benzene rings is 1. The molecular weight excluding hydrogens is 268 g/mol. The van der Waals surface area contributed by atoms with Crippen molar-refractivity contribution in [2.75, 3.05) is 20.7 Å². The number of fused-ring (bicyclic) bond motifs is 2. The molecule has 0 bridgehead atoms. The molecule has 0 saturated heterocycles.